The Labute approximate surface area is 97.6 Å². The topological polar surface area (TPSA) is 26.3 Å². The molecule has 2 heteroatoms. The van der Waals surface area contributed by atoms with Crippen LogP contribution in [0.3, 0.4) is 0 Å². The van der Waals surface area contributed by atoms with Gasteiger partial charge in [-0.1, -0.05) is 32.9 Å². The van der Waals surface area contributed by atoms with Gasteiger partial charge < -0.3 is 4.74 Å². The molecule has 0 aliphatic heterocycles. The lowest BCUT2D eigenvalue weighted by Crippen LogP contribution is -2.19. The predicted octanol–water partition coefficient (Wildman–Crippen LogP) is 3.70. The maximum absolute atomic E-state index is 11.7. The Morgan fingerprint density at radius 2 is 1.88 bits per heavy atom. The molecule has 1 aromatic rings. The second-order valence-electron chi connectivity index (χ2n) is 4.34. The highest BCUT2D eigenvalue weighted by molar-refractivity contribution is 5.98. The van der Waals surface area contributed by atoms with E-state index in [1.165, 1.54) is 0 Å². The van der Waals surface area contributed by atoms with Crippen LogP contribution in [0.2, 0.25) is 0 Å². The van der Waals surface area contributed by atoms with Crippen molar-refractivity contribution in [1.82, 2.24) is 0 Å². The number of benzene rings is 1. The molecule has 2 nitrogen and oxygen atoms in total. The Balaban J connectivity index is 2.91. The molecule has 0 fully saturated rings. The van der Waals surface area contributed by atoms with Gasteiger partial charge in [-0.05, 0) is 25.0 Å². The molecule has 0 N–H and O–H groups in total. The van der Waals surface area contributed by atoms with Gasteiger partial charge in [-0.3, -0.25) is 4.79 Å². The summed E-state index contributed by atoms with van der Waals surface area (Å²) in [6, 6.07) is 7.46. The number of para-hydroxylation sites is 1. The van der Waals surface area contributed by atoms with Crippen LogP contribution in [0.15, 0.2) is 24.3 Å². The first-order chi connectivity index (χ1) is 7.56. The molecule has 0 saturated carbocycles. The van der Waals surface area contributed by atoms with Gasteiger partial charge in [0, 0.05) is 6.42 Å². The van der Waals surface area contributed by atoms with E-state index in [0.717, 1.165) is 0 Å². The molecule has 1 atom stereocenters. The van der Waals surface area contributed by atoms with Crippen molar-refractivity contribution in [3.05, 3.63) is 29.8 Å². The third-order valence-electron chi connectivity index (χ3n) is 2.76. The quantitative estimate of drug-likeness (QED) is 0.707. The summed E-state index contributed by atoms with van der Waals surface area (Å²) in [5, 5.41) is 0. The molecular formula is C14H20O2. The van der Waals surface area contributed by atoms with E-state index in [2.05, 4.69) is 13.8 Å². The molecular weight excluding hydrogens is 200 g/mol. The summed E-state index contributed by atoms with van der Waals surface area (Å²) in [5.74, 6) is 1.27. The summed E-state index contributed by atoms with van der Waals surface area (Å²) >= 11 is 0. The first-order valence-electron chi connectivity index (χ1n) is 5.85. The number of hydrogen-bond donors (Lipinski definition) is 0. The van der Waals surface area contributed by atoms with E-state index in [0.29, 0.717) is 23.7 Å². The molecule has 0 saturated heterocycles. The Morgan fingerprint density at radius 3 is 2.44 bits per heavy atom. The fourth-order valence-corrected chi connectivity index (χ4v) is 1.33. The molecule has 0 amide bonds. The monoisotopic (exact) mass is 220 g/mol. The van der Waals surface area contributed by atoms with Crippen molar-refractivity contribution in [2.45, 2.75) is 40.2 Å². The summed E-state index contributed by atoms with van der Waals surface area (Å²) < 4.78 is 5.81. The van der Waals surface area contributed by atoms with Crippen molar-refractivity contribution in [3.63, 3.8) is 0 Å². The van der Waals surface area contributed by atoms with Crippen LogP contribution in [0.5, 0.6) is 5.75 Å². The van der Waals surface area contributed by atoms with E-state index in [1.807, 2.05) is 38.1 Å². The van der Waals surface area contributed by atoms with Crippen LogP contribution in [0.25, 0.3) is 0 Å². The zero-order valence-electron chi connectivity index (χ0n) is 10.5. The maximum atomic E-state index is 11.7. The van der Waals surface area contributed by atoms with Crippen molar-refractivity contribution >= 4 is 5.78 Å². The normalized spacial score (nSPS) is 12.6. The molecule has 0 bridgehead atoms. The summed E-state index contributed by atoms with van der Waals surface area (Å²) in [7, 11) is 0. The zero-order valence-corrected chi connectivity index (χ0v) is 10.5. The molecule has 88 valence electrons. The van der Waals surface area contributed by atoms with Crippen LogP contribution in [-0.2, 0) is 0 Å². The maximum Gasteiger partial charge on any atom is 0.166 e. The zero-order chi connectivity index (χ0) is 12.1. The summed E-state index contributed by atoms with van der Waals surface area (Å²) in [4.78, 5) is 11.7. The number of ketones is 1. The largest absolute Gasteiger partial charge is 0.490 e. The van der Waals surface area contributed by atoms with Crippen LogP contribution < -0.4 is 4.74 Å². The summed E-state index contributed by atoms with van der Waals surface area (Å²) in [6.07, 6.45) is 0.627. The summed E-state index contributed by atoms with van der Waals surface area (Å²) in [5.41, 5.74) is 0.692. The van der Waals surface area contributed by atoms with Crippen molar-refractivity contribution < 1.29 is 9.53 Å². The van der Waals surface area contributed by atoms with Crippen LogP contribution >= 0.6 is 0 Å². The molecule has 0 radical (unpaired) electrons. The highest BCUT2D eigenvalue weighted by Crippen LogP contribution is 2.22. The van der Waals surface area contributed by atoms with Crippen LogP contribution in [0.4, 0.5) is 0 Å². The molecule has 0 aliphatic carbocycles. The number of Topliss-reactive ketones (excluding diaryl/α,β-unsaturated/α-hetero) is 1. The lowest BCUT2D eigenvalue weighted by atomic mass is 10.1. The SMILES string of the molecule is CCC(=O)c1ccccc1OC(C)C(C)C. The van der Waals surface area contributed by atoms with Gasteiger partial charge in [0.25, 0.3) is 0 Å². The average molecular weight is 220 g/mol. The Morgan fingerprint density at radius 1 is 1.25 bits per heavy atom. The fraction of sp³-hybridized carbons (Fsp3) is 0.500. The van der Waals surface area contributed by atoms with Crippen LogP contribution in [0, 0.1) is 5.92 Å². The van der Waals surface area contributed by atoms with E-state index in [-0.39, 0.29) is 11.9 Å². The molecule has 1 rings (SSSR count). The standard InChI is InChI=1S/C14H20O2/c1-5-13(15)12-8-6-7-9-14(12)16-11(4)10(2)3/h6-11H,5H2,1-4H3. The second-order valence-corrected chi connectivity index (χ2v) is 4.34. The van der Waals surface area contributed by atoms with E-state index in [9.17, 15) is 4.79 Å². The van der Waals surface area contributed by atoms with E-state index in [1.54, 1.807) is 0 Å². The third-order valence-corrected chi connectivity index (χ3v) is 2.76. The summed E-state index contributed by atoms with van der Waals surface area (Å²) in [6.45, 7) is 8.10. The van der Waals surface area contributed by atoms with E-state index < -0.39 is 0 Å². The Kier molecular flexibility index (Phi) is 4.53. The average Bonchev–Trinajstić information content (AvgIpc) is 2.28. The van der Waals surface area contributed by atoms with Crippen LogP contribution in [-0.4, -0.2) is 11.9 Å². The number of ether oxygens (including phenoxy) is 1. The van der Waals surface area contributed by atoms with Gasteiger partial charge in [0.05, 0.1) is 11.7 Å². The number of carbonyl (C=O) groups is 1. The Hall–Kier alpha value is -1.31. The van der Waals surface area contributed by atoms with Gasteiger partial charge >= 0.3 is 0 Å². The minimum atomic E-state index is 0.116. The van der Waals surface area contributed by atoms with Gasteiger partial charge in [-0.2, -0.15) is 0 Å². The van der Waals surface area contributed by atoms with Crippen molar-refractivity contribution in [2.75, 3.05) is 0 Å². The Bertz CT molecular complexity index is 356. The predicted molar refractivity (Wildman–Crippen MR) is 66.0 cm³/mol. The third kappa shape index (κ3) is 3.09. The van der Waals surface area contributed by atoms with Gasteiger partial charge in [-0.15, -0.1) is 0 Å². The van der Waals surface area contributed by atoms with E-state index in [4.69, 9.17) is 4.74 Å². The fourth-order valence-electron chi connectivity index (χ4n) is 1.33. The number of carbonyl (C=O) groups excluding carboxylic acids is 1. The molecule has 16 heavy (non-hydrogen) atoms. The van der Waals surface area contributed by atoms with Crippen molar-refractivity contribution in [2.24, 2.45) is 5.92 Å². The second kappa shape index (κ2) is 5.69. The minimum absolute atomic E-state index is 0.116. The molecule has 0 spiro atoms. The lowest BCUT2D eigenvalue weighted by molar-refractivity contribution is 0.0978. The van der Waals surface area contributed by atoms with Crippen molar-refractivity contribution in [1.29, 1.82) is 0 Å². The first kappa shape index (κ1) is 12.8. The molecule has 0 aromatic heterocycles. The highest BCUT2D eigenvalue weighted by Gasteiger charge is 2.14. The van der Waals surface area contributed by atoms with Gasteiger partial charge in [-0.25, -0.2) is 0 Å². The van der Waals surface area contributed by atoms with Gasteiger partial charge in [0.15, 0.2) is 5.78 Å². The van der Waals surface area contributed by atoms with Gasteiger partial charge in [0.2, 0.25) is 0 Å². The number of rotatable bonds is 5. The minimum Gasteiger partial charge on any atom is -0.490 e. The number of hydrogen-bond acceptors (Lipinski definition) is 2. The molecule has 0 heterocycles. The smallest absolute Gasteiger partial charge is 0.166 e. The highest BCUT2D eigenvalue weighted by atomic mass is 16.5. The molecule has 0 aliphatic rings. The molecule has 1 unspecified atom stereocenters. The first-order valence-corrected chi connectivity index (χ1v) is 5.85. The van der Waals surface area contributed by atoms with Crippen LogP contribution in [0.1, 0.15) is 44.5 Å². The molecule has 1 aromatic carbocycles. The van der Waals surface area contributed by atoms with E-state index >= 15 is 0 Å². The lowest BCUT2D eigenvalue weighted by Gasteiger charge is -2.19. The van der Waals surface area contributed by atoms with Crippen molar-refractivity contribution in [3.8, 4) is 5.75 Å². The van der Waals surface area contributed by atoms with Gasteiger partial charge in [0.1, 0.15) is 5.75 Å².